The zero-order valence-corrected chi connectivity index (χ0v) is 29.6. The Kier molecular flexibility index (Phi) is 10.5. The van der Waals surface area contributed by atoms with Gasteiger partial charge in [0.05, 0.1) is 24.0 Å². The number of aromatic nitrogens is 4. The predicted octanol–water partition coefficient (Wildman–Crippen LogP) is 3.05. The fourth-order valence-corrected chi connectivity index (χ4v) is 7.17. The summed E-state index contributed by atoms with van der Waals surface area (Å²) in [5, 5.41) is 11.6. The molecule has 3 amide bonds. The van der Waals surface area contributed by atoms with Gasteiger partial charge in [-0.25, -0.2) is 4.79 Å². The topological polar surface area (TPSA) is 143 Å². The number of hydrogen-bond donors (Lipinski definition) is 0. The van der Waals surface area contributed by atoms with Crippen molar-refractivity contribution in [1.82, 2.24) is 30.0 Å². The molecule has 1 aliphatic carbocycles. The second-order valence-corrected chi connectivity index (χ2v) is 14.4. The van der Waals surface area contributed by atoms with Crippen molar-refractivity contribution in [2.45, 2.75) is 76.7 Å². The van der Waals surface area contributed by atoms with Gasteiger partial charge < -0.3 is 24.2 Å². The number of carbonyl (C=O) groups excluding carboxylic acids is 4. The number of halogens is 1. The zero-order valence-electron chi connectivity index (χ0n) is 28.8. The van der Waals surface area contributed by atoms with E-state index in [0.717, 1.165) is 43.5 Å². The summed E-state index contributed by atoms with van der Waals surface area (Å²) >= 11 is 6.29. The van der Waals surface area contributed by atoms with Crippen LogP contribution < -0.4 is 9.80 Å². The number of anilines is 2. The maximum atomic E-state index is 13.8. The second-order valence-electron chi connectivity index (χ2n) is 13.9. The molecule has 1 saturated carbocycles. The lowest BCUT2D eigenvalue weighted by atomic mass is 9.91. The van der Waals surface area contributed by atoms with E-state index < -0.39 is 29.4 Å². The third kappa shape index (κ3) is 7.82. The van der Waals surface area contributed by atoms with Gasteiger partial charge in [-0.3, -0.25) is 19.3 Å². The van der Waals surface area contributed by atoms with Gasteiger partial charge >= 0.3 is 17.8 Å². The van der Waals surface area contributed by atoms with Gasteiger partial charge in [0.1, 0.15) is 18.0 Å². The van der Waals surface area contributed by atoms with Gasteiger partial charge in [0.25, 0.3) is 0 Å². The SMILES string of the molecule is COC1CCC(N2CCN(c3ccc(C[C@@H](C(=O)OC(C)(C)C)N4CCN(c5cc(Cl)ccc5-n5cnnn5)C(=O)C4=O)cc3)C(=O)C2)CC1. The molecule has 0 radical (unpaired) electrons. The van der Waals surface area contributed by atoms with Crippen LogP contribution in [-0.4, -0.2) is 117 Å². The Morgan fingerprint density at radius 2 is 1.64 bits per heavy atom. The largest absolute Gasteiger partial charge is 0.458 e. The van der Waals surface area contributed by atoms with Crippen molar-refractivity contribution in [3.63, 3.8) is 0 Å². The van der Waals surface area contributed by atoms with Crippen molar-refractivity contribution in [2.75, 3.05) is 49.6 Å². The van der Waals surface area contributed by atoms with Gasteiger partial charge in [0, 0.05) is 56.5 Å². The number of tetrazole rings is 1. The van der Waals surface area contributed by atoms with E-state index >= 15 is 0 Å². The molecule has 3 aromatic rings. The van der Waals surface area contributed by atoms with E-state index in [1.807, 2.05) is 24.3 Å². The summed E-state index contributed by atoms with van der Waals surface area (Å²) in [6.45, 7) is 7.18. The molecule has 266 valence electrons. The highest BCUT2D eigenvalue weighted by Crippen LogP contribution is 2.31. The summed E-state index contributed by atoms with van der Waals surface area (Å²) in [5.41, 5.74) is 1.54. The number of nitrogens with zero attached hydrogens (tertiary/aromatic N) is 8. The Balaban J connectivity index is 1.16. The summed E-state index contributed by atoms with van der Waals surface area (Å²) < 4.78 is 12.6. The molecule has 3 fully saturated rings. The van der Waals surface area contributed by atoms with Gasteiger partial charge in [-0.1, -0.05) is 23.7 Å². The number of carbonyl (C=O) groups is 4. The van der Waals surface area contributed by atoms with E-state index in [1.165, 1.54) is 20.8 Å². The van der Waals surface area contributed by atoms with Gasteiger partial charge in [-0.05, 0) is 92.8 Å². The minimum atomic E-state index is -1.06. The monoisotopic (exact) mass is 706 g/mol. The van der Waals surface area contributed by atoms with E-state index in [4.69, 9.17) is 21.1 Å². The molecule has 0 spiro atoms. The molecule has 3 heterocycles. The molecule has 6 rings (SSSR count). The minimum absolute atomic E-state index is 0.0504. The molecule has 0 N–H and O–H groups in total. The molecule has 15 heteroatoms. The van der Waals surface area contributed by atoms with Crippen molar-refractivity contribution in [1.29, 1.82) is 0 Å². The number of ether oxygens (including phenoxy) is 2. The number of benzene rings is 2. The van der Waals surface area contributed by atoms with Gasteiger partial charge in [0.2, 0.25) is 5.91 Å². The molecular formula is C35H43ClN8O6. The Morgan fingerprint density at radius 1 is 0.920 bits per heavy atom. The van der Waals surface area contributed by atoms with Gasteiger partial charge in [-0.2, -0.15) is 4.68 Å². The number of rotatable bonds is 9. The molecule has 2 aromatic carbocycles. The first-order chi connectivity index (χ1) is 23.9. The molecule has 0 bridgehead atoms. The summed E-state index contributed by atoms with van der Waals surface area (Å²) in [4.78, 5) is 61.0. The van der Waals surface area contributed by atoms with Crippen molar-refractivity contribution < 1.29 is 28.7 Å². The molecule has 1 atom stereocenters. The third-order valence-electron chi connectivity index (χ3n) is 9.55. The third-order valence-corrected chi connectivity index (χ3v) is 9.79. The van der Waals surface area contributed by atoms with E-state index in [-0.39, 0.29) is 25.4 Å². The first kappa shape index (κ1) is 35.4. The van der Waals surface area contributed by atoms with Crippen LogP contribution in [0.4, 0.5) is 11.4 Å². The van der Waals surface area contributed by atoms with E-state index in [1.54, 1.807) is 51.0 Å². The Hall–Kier alpha value is -4.40. The van der Waals surface area contributed by atoms with Crippen LogP contribution in [-0.2, 0) is 35.1 Å². The van der Waals surface area contributed by atoms with Crippen LogP contribution in [0.15, 0.2) is 48.8 Å². The first-order valence-corrected chi connectivity index (χ1v) is 17.3. The maximum Gasteiger partial charge on any atom is 0.329 e. The average Bonchev–Trinajstić information content (AvgIpc) is 3.63. The fraction of sp³-hybridized carbons (Fsp3) is 0.514. The van der Waals surface area contributed by atoms with E-state index in [0.29, 0.717) is 41.6 Å². The lowest BCUT2D eigenvalue weighted by molar-refractivity contribution is -0.166. The van der Waals surface area contributed by atoms with Crippen LogP contribution in [0, 0.1) is 0 Å². The van der Waals surface area contributed by atoms with Crippen molar-refractivity contribution in [3.8, 4) is 5.69 Å². The van der Waals surface area contributed by atoms with Crippen LogP contribution >= 0.6 is 11.6 Å². The van der Waals surface area contributed by atoms with Crippen molar-refractivity contribution >= 4 is 46.7 Å². The van der Waals surface area contributed by atoms with E-state index in [2.05, 4.69) is 20.4 Å². The molecule has 1 aromatic heterocycles. The molecule has 50 heavy (non-hydrogen) atoms. The highest BCUT2D eigenvalue weighted by atomic mass is 35.5. The second kappa shape index (κ2) is 14.8. The molecule has 2 aliphatic heterocycles. The lowest BCUT2D eigenvalue weighted by Crippen LogP contribution is -2.60. The fourth-order valence-electron chi connectivity index (χ4n) is 7.00. The maximum absolute atomic E-state index is 13.8. The first-order valence-electron chi connectivity index (χ1n) is 17.0. The van der Waals surface area contributed by atoms with E-state index in [9.17, 15) is 19.2 Å². The zero-order chi connectivity index (χ0) is 35.6. The predicted molar refractivity (Wildman–Crippen MR) is 185 cm³/mol. The van der Waals surface area contributed by atoms with Crippen LogP contribution in [0.25, 0.3) is 5.69 Å². The van der Waals surface area contributed by atoms with Gasteiger partial charge in [0.15, 0.2) is 0 Å². The van der Waals surface area contributed by atoms with Gasteiger partial charge in [-0.15, -0.1) is 5.10 Å². The number of piperazine rings is 2. The molecule has 3 aliphatic rings. The number of methoxy groups -OCH3 is 1. The lowest BCUT2D eigenvalue weighted by Gasteiger charge is -2.41. The highest BCUT2D eigenvalue weighted by molar-refractivity contribution is 6.41. The van der Waals surface area contributed by atoms with Crippen LogP contribution in [0.1, 0.15) is 52.0 Å². The van der Waals surface area contributed by atoms with Crippen molar-refractivity contribution in [3.05, 3.63) is 59.4 Å². The summed E-state index contributed by atoms with van der Waals surface area (Å²) in [6.07, 6.45) is 5.90. The highest BCUT2D eigenvalue weighted by Gasteiger charge is 2.42. The normalized spacial score (nSPS) is 21.5. The van der Waals surface area contributed by atoms with Crippen LogP contribution in [0.2, 0.25) is 5.02 Å². The Labute approximate surface area is 296 Å². The van der Waals surface area contributed by atoms with Crippen LogP contribution in [0.5, 0.6) is 0 Å². The number of amides is 3. The quantitative estimate of drug-likeness (QED) is 0.241. The average molecular weight is 707 g/mol. The van der Waals surface area contributed by atoms with Crippen LogP contribution in [0.3, 0.4) is 0 Å². The number of esters is 1. The summed E-state index contributed by atoms with van der Waals surface area (Å²) in [6, 6.07) is 11.6. The molecule has 0 unspecified atom stereocenters. The summed E-state index contributed by atoms with van der Waals surface area (Å²) in [7, 11) is 1.76. The number of hydrogen-bond acceptors (Lipinski definition) is 10. The Bertz CT molecular complexity index is 1700. The smallest absolute Gasteiger partial charge is 0.329 e. The molecular weight excluding hydrogens is 664 g/mol. The summed E-state index contributed by atoms with van der Waals surface area (Å²) in [5.74, 6) is -2.22. The molecule has 14 nitrogen and oxygen atoms in total. The molecule has 2 saturated heterocycles. The standard InChI is InChI=1S/C35H43ClN8O6/c1-35(2,3)50-34(48)30(43-18-17-42(32(46)33(43)47)29-20-24(36)7-14-28(29)44-22-37-38-39-44)19-23-5-8-26(9-6-23)41-16-15-40(21-31(41)45)25-10-12-27(49-4)13-11-25/h5-9,14,20,22,25,27,30H,10-13,15-19,21H2,1-4H3/t25?,27?,30-/m0/s1. The minimum Gasteiger partial charge on any atom is -0.458 e. The Morgan fingerprint density at radius 3 is 2.28 bits per heavy atom. The van der Waals surface area contributed by atoms with Crippen molar-refractivity contribution in [2.24, 2.45) is 0 Å².